The Bertz CT molecular complexity index is 630. The molecule has 3 unspecified atom stereocenters. The SMILES string of the molecule is CC1(C)OC[C@H](CCNC(=O)C2CCC(CC3(CO)CC=CCC3)N2C#N)O1. The molecule has 2 saturated heterocycles. The second-order valence-corrected chi connectivity index (χ2v) is 8.86. The summed E-state index contributed by atoms with van der Waals surface area (Å²) in [4.78, 5) is 14.3. The maximum atomic E-state index is 12.7. The van der Waals surface area contributed by atoms with Crippen molar-refractivity contribution < 1.29 is 19.4 Å². The minimum Gasteiger partial charge on any atom is -0.396 e. The number of hydrogen-bond donors (Lipinski definition) is 2. The van der Waals surface area contributed by atoms with Crippen LogP contribution in [0.4, 0.5) is 0 Å². The fourth-order valence-corrected chi connectivity index (χ4v) is 4.71. The number of nitriles is 1. The van der Waals surface area contributed by atoms with Crippen LogP contribution >= 0.6 is 0 Å². The van der Waals surface area contributed by atoms with Crippen LogP contribution in [0.5, 0.6) is 0 Å². The molecule has 3 aliphatic rings. The molecule has 2 heterocycles. The molecule has 0 aromatic carbocycles. The number of aliphatic hydroxyl groups excluding tert-OH is 1. The number of carbonyl (C=O) groups is 1. The minimum absolute atomic E-state index is 0.0116. The fraction of sp³-hybridized carbons (Fsp3) is 0.810. The van der Waals surface area contributed by atoms with Crippen molar-refractivity contribution in [1.29, 1.82) is 5.26 Å². The zero-order chi connectivity index (χ0) is 20.2. The van der Waals surface area contributed by atoms with Crippen LogP contribution in [0.15, 0.2) is 12.2 Å². The van der Waals surface area contributed by atoms with Gasteiger partial charge in [0.15, 0.2) is 12.0 Å². The lowest BCUT2D eigenvalue weighted by Gasteiger charge is -2.37. The van der Waals surface area contributed by atoms with Crippen molar-refractivity contribution in [3.63, 3.8) is 0 Å². The topological polar surface area (TPSA) is 94.8 Å². The number of nitrogens with zero attached hydrogens (tertiary/aromatic N) is 2. The van der Waals surface area contributed by atoms with Crippen LogP contribution in [0, 0.1) is 16.9 Å². The van der Waals surface area contributed by atoms with Gasteiger partial charge in [-0.05, 0) is 64.2 Å². The Balaban J connectivity index is 1.50. The van der Waals surface area contributed by atoms with Gasteiger partial charge in [-0.25, -0.2) is 0 Å². The van der Waals surface area contributed by atoms with Crippen molar-refractivity contribution in [2.45, 2.75) is 82.8 Å². The molecule has 156 valence electrons. The van der Waals surface area contributed by atoms with Gasteiger partial charge in [0, 0.05) is 19.2 Å². The maximum Gasteiger partial charge on any atom is 0.243 e. The highest BCUT2D eigenvalue weighted by molar-refractivity contribution is 5.82. The largest absolute Gasteiger partial charge is 0.396 e. The van der Waals surface area contributed by atoms with E-state index in [0.717, 1.165) is 32.1 Å². The van der Waals surface area contributed by atoms with Gasteiger partial charge >= 0.3 is 0 Å². The van der Waals surface area contributed by atoms with E-state index in [0.29, 0.717) is 26.0 Å². The van der Waals surface area contributed by atoms with Crippen LogP contribution in [0.2, 0.25) is 0 Å². The number of ether oxygens (including phenoxy) is 2. The molecule has 2 fully saturated rings. The van der Waals surface area contributed by atoms with E-state index in [2.05, 4.69) is 23.7 Å². The predicted octanol–water partition coefficient (Wildman–Crippen LogP) is 2.07. The first-order valence-corrected chi connectivity index (χ1v) is 10.4. The Morgan fingerprint density at radius 2 is 2.21 bits per heavy atom. The molecule has 28 heavy (non-hydrogen) atoms. The van der Waals surface area contributed by atoms with Crippen LogP contribution < -0.4 is 5.32 Å². The van der Waals surface area contributed by atoms with E-state index in [-0.39, 0.29) is 30.1 Å². The summed E-state index contributed by atoms with van der Waals surface area (Å²) in [7, 11) is 0. The summed E-state index contributed by atoms with van der Waals surface area (Å²) in [6.07, 6.45) is 12.2. The second kappa shape index (κ2) is 8.81. The molecule has 2 aliphatic heterocycles. The van der Waals surface area contributed by atoms with Crippen molar-refractivity contribution in [1.82, 2.24) is 10.2 Å². The first kappa shape index (κ1) is 21.1. The summed E-state index contributed by atoms with van der Waals surface area (Å²) in [5, 5.41) is 22.6. The number of likely N-dealkylation sites (tertiary alicyclic amines) is 1. The number of rotatable bonds is 7. The summed E-state index contributed by atoms with van der Waals surface area (Å²) in [6, 6.07) is -0.395. The fourth-order valence-electron chi connectivity index (χ4n) is 4.71. The van der Waals surface area contributed by atoms with E-state index < -0.39 is 11.8 Å². The van der Waals surface area contributed by atoms with Gasteiger partial charge in [0.05, 0.1) is 12.7 Å². The highest BCUT2D eigenvalue weighted by Crippen LogP contribution is 2.41. The first-order chi connectivity index (χ1) is 13.4. The van der Waals surface area contributed by atoms with Crippen molar-refractivity contribution in [2.24, 2.45) is 5.41 Å². The summed E-state index contributed by atoms with van der Waals surface area (Å²) in [5.74, 6) is -0.647. The smallest absolute Gasteiger partial charge is 0.243 e. The Morgan fingerprint density at radius 3 is 2.82 bits per heavy atom. The third kappa shape index (κ3) is 4.86. The van der Waals surface area contributed by atoms with E-state index in [1.54, 1.807) is 4.90 Å². The van der Waals surface area contributed by atoms with Crippen LogP contribution in [-0.4, -0.2) is 59.6 Å². The predicted molar refractivity (Wildman–Crippen MR) is 104 cm³/mol. The molecule has 7 nitrogen and oxygen atoms in total. The Labute approximate surface area is 167 Å². The molecule has 3 rings (SSSR count). The Hall–Kier alpha value is -1.62. The summed E-state index contributed by atoms with van der Waals surface area (Å²) < 4.78 is 11.3. The van der Waals surface area contributed by atoms with E-state index in [1.165, 1.54) is 0 Å². The van der Waals surface area contributed by atoms with Gasteiger partial charge < -0.3 is 19.9 Å². The van der Waals surface area contributed by atoms with Gasteiger partial charge in [0.1, 0.15) is 6.04 Å². The zero-order valence-corrected chi connectivity index (χ0v) is 17.0. The number of amides is 1. The molecule has 0 bridgehead atoms. The van der Waals surface area contributed by atoms with Crippen molar-refractivity contribution in [3.8, 4) is 6.19 Å². The highest BCUT2D eigenvalue weighted by Gasteiger charge is 2.42. The molecule has 0 aromatic rings. The lowest BCUT2D eigenvalue weighted by Crippen LogP contribution is -2.45. The van der Waals surface area contributed by atoms with Crippen LogP contribution in [-0.2, 0) is 14.3 Å². The standard InChI is InChI=1S/C21H33N3O4/c1-20(2)27-13-17(28-20)8-11-23-19(26)18-7-6-16(24(18)15-22)12-21(14-25)9-4-3-5-10-21/h3-4,16-18,25H,5-14H2,1-2H3,(H,23,26)/t16?,17-,18?,21?/m0/s1. The average Bonchev–Trinajstić information content (AvgIpc) is 3.24. The highest BCUT2D eigenvalue weighted by atomic mass is 16.7. The Morgan fingerprint density at radius 1 is 1.39 bits per heavy atom. The van der Waals surface area contributed by atoms with E-state index in [9.17, 15) is 15.2 Å². The molecule has 7 heteroatoms. The number of nitrogens with one attached hydrogen (secondary N) is 1. The third-order valence-corrected chi connectivity index (χ3v) is 6.32. The molecule has 1 amide bonds. The van der Waals surface area contributed by atoms with Crippen LogP contribution in [0.25, 0.3) is 0 Å². The lowest BCUT2D eigenvalue weighted by molar-refractivity contribution is -0.138. The van der Waals surface area contributed by atoms with Gasteiger partial charge in [-0.1, -0.05) is 12.2 Å². The summed E-state index contributed by atoms with van der Waals surface area (Å²) in [6.45, 7) is 4.95. The van der Waals surface area contributed by atoms with Crippen molar-refractivity contribution >= 4 is 5.91 Å². The lowest BCUT2D eigenvalue weighted by atomic mass is 9.73. The van der Waals surface area contributed by atoms with Crippen LogP contribution in [0.3, 0.4) is 0 Å². The van der Waals surface area contributed by atoms with E-state index in [4.69, 9.17) is 9.47 Å². The minimum atomic E-state index is -0.554. The molecule has 0 aromatic heterocycles. The number of aliphatic hydroxyl groups is 1. The monoisotopic (exact) mass is 391 g/mol. The zero-order valence-electron chi connectivity index (χ0n) is 17.0. The maximum absolute atomic E-state index is 12.7. The molecular formula is C21H33N3O4. The van der Waals surface area contributed by atoms with Crippen LogP contribution in [0.1, 0.15) is 58.8 Å². The summed E-state index contributed by atoms with van der Waals surface area (Å²) >= 11 is 0. The van der Waals surface area contributed by atoms with E-state index >= 15 is 0 Å². The van der Waals surface area contributed by atoms with Gasteiger partial charge in [-0.2, -0.15) is 5.26 Å². The van der Waals surface area contributed by atoms with Gasteiger partial charge in [-0.15, -0.1) is 0 Å². The number of allylic oxidation sites excluding steroid dienone is 2. The molecule has 0 spiro atoms. The van der Waals surface area contributed by atoms with E-state index in [1.807, 2.05) is 13.8 Å². The third-order valence-electron chi connectivity index (χ3n) is 6.32. The second-order valence-electron chi connectivity index (χ2n) is 8.86. The quantitative estimate of drug-likeness (QED) is 0.510. The molecule has 0 radical (unpaired) electrons. The molecule has 0 saturated carbocycles. The average molecular weight is 392 g/mol. The summed E-state index contributed by atoms with van der Waals surface area (Å²) in [5.41, 5.74) is -0.160. The number of carbonyl (C=O) groups excluding carboxylic acids is 1. The van der Waals surface area contributed by atoms with Gasteiger partial charge in [0.25, 0.3) is 0 Å². The van der Waals surface area contributed by atoms with Gasteiger partial charge in [0.2, 0.25) is 5.91 Å². The number of hydrogen-bond acceptors (Lipinski definition) is 6. The molecule has 1 aliphatic carbocycles. The van der Waals surface area contributed by atoms with Crippen molar-refractivity contribution in [2.75, 3.05) is 19.8 Å². The van der Waals surface area contributed by atoms with Gasteiger partial charge in [-0.3, -0.25) is 9.69 Å². The molecular weight excluding hydrogens is 358 g/mol. The van der Waals surface area contributed by atoms with Crippen molar-refractivity contribution in [3.05, 3.63) is 12.2 Å². The Kier molecular flexibility index (Phi) is 6.64. The molecule has 4 atom stereocenters. The molecule has 2 N–H and O–H groups in total. The normalized spacial score (nSPS) is 34.4. The first-order valence-electron chi connectivity index (χ1n) is 10.4.